The molecule has 0 radical (unpaired) electrons. The van der Waals surface area contributed by atoms with E-state index in [9.17, 15) is 13.2 Å². The summed E-state index contributed by atoms with van der Waals surface area (Å²) in [6.45, 7) is 6.27. The molecule has 0 aliphatic carbocycles. The van der Waals surface area contributed by atoms with E-state index in [1.54, 1.807) is 0 Å². The molecule has 20 heavy (non-hydrogen) atoms. The molecular formula is C13H27N3O3S. The minimum Gasteiger partial charge on any atom is -0.336 e. The normalized spacial score (nSPS) is 19.6. The first-order chi connectivity index (χ1) is 9.30. The van der Waals surface area contributed by atoms with E-state index < -0.39 is 9.84 Å². The Labute approximate surface area is 122 Å². The number of hydrogen-bond donors (Lipinski definition) is 2. The molecule has 1 fully saturated rings. The van der Waals surface area contributed by atoms with Crippen molar-refractivity contribution in [2.45, 2.75) is 45.2 Å². The lowest BCUT2D eigenvalue weighted by molar-refractivity contribution is 0.197. The maximum Gasteiger partial charge on any atom is 0.315 e. The van der Waals surface area contributed by atoms with Crippen molar-refractivity contribution in [3.05, 3.63) is 0 Å². The summed E-state index contributed by atoms with van der Waals surface area (Å²) < 4.78 is 22.2. The first-order valence-electron chi connectivity index (χ1n) is 7.27. The first-order valence-corrected chi connectivity index (χ1v) is 9.33. The summed E-state index contributed by atoms with van der Waals surface area (Å²) in [5.41, 5.74) is 0. The van der Waals surface area contributed by atoms with Crippen molar-refractivity contribution in [2.75, 3.05) is 31.6 Å². The summed E-state index contributed by atoms with van der Waals surface area (Å²) in [7, 11) is -2.89. The lowest BCUT2D eigenvalue weighted by Crippen LogP contribution is -2.49. The number of likely N-dealkylation sites (tertiary alicyclic amines) is 1. The van der Waals surface area contributed by atoms with E-state index in [1.165, 1.54) is 6.26 Å². The minimum atomic E-state index is -2.89. The Hall–Kier alpha value is -0.820. The number of carbonyl (C=O) groups is 1. The highest BCUT2D eigenvalue weighted by Gasteiger charge is 2.21. The lowest BCUT2D eigenvalue weighted by Gasteiger charge is -2.32. The van der Waals surface area contributed by atoms with Crippen LogP contribution in [0.15, 0.2) is 0 Å². The van der Waals surface area contributed by atoms with Crippen LogP contribution in [0.3, 0.4) is 0 Å². The number of nitrogens with one attached hydrogen (secondary N) is 2. The molecule has 1 aliphatic heterocycles. The van der Waals surface area contributed by atoms with Crippen molar-refractivity contribution >= 4 is 15.9 Å². The number of piperidine rings is 1. The Morgan fingerprint density at radius 1 is 1.35 bits per heavy atom. The number of carbonyl (C=O) groups excluding carboxylic acids is 1. The fourth-order valence-electron chi connectivity index (χ4n) is 2.15. The highest BCUT2D eigenvalue weighted by molar-refractivity contribution is 7.90. The summed E-state index contributed by atoms with van der Waals surface area (Å²) >= 11 is 0. The van der Waals surface area contributed by atoms with E-state index in [0.717, 1.165) is 32.4 Å². The van der Waals surface area contributed by atoms with E-state index in [2.05, 4.69) is 15.5 Å². The largest absolute Gasteiger partial charge is 0.336 e. The average molecular weight is 305 g/mol. The Kier molecular flexibility index (Phi) is 6.75. The van der Waals surface area contributed by atoms with Crippen molar-refractivity contribution in [2.24, 2.45) is 0 Å². The maximum absolute atomic E-state index is 11.7. The van der Waals surface area contributed by atoms with Gasteiger partial charge in [0.2, 0.25) is 0 Å². The molecule has 2 amide bonds. The number of rotatable bonds is 6. The van der Waals surface area contributed by atoms with Gasteiger partial charge in [-0.1, -0.05) is 6.92 Å². The van der Waals surface area contributed by atoms with E-state index in [0.29, 0.717) is 6.54 Å². The molecule has 1 rings (SSSR count). The molecule has 1 heterocycles. The van der Waals surface area contributed by atoms with Crippen LogP contribution in [0.5, 0.6) is 0 Å². The van der Waals surface area contributed by atoms with Gasteiger partial charge < -0.3 is 15.5 Å². The standard InChI is InChI=1S/C13H27N3O3S/c1-4-11(2)14-13(17)15-12-5-7-16(8-6-12)9-10-20(3,18)19/h11-12H,4-10H2,1-3H3,(H2,14,15,17). The SMILES string of the molecule is CCC(C)NC(=O)NC1CCN(CCS(C)(=O)=O)CC1. The minimum absolute atomic E-state index is 0.103. The smallest absolute Gasteiger partial charge is 0.315 e. The fraction of sp³-hybridized carbons (Fsp3) is 0.923. The molecule has 6 nitrogen and oxygen atoms in total. The van der Waals surface area contributed by atoms with Crippen LogP contribution in [0, 0.1) is 0 Å². The van der Waals surface area contributed by atoms with E-state index in [-0.39, 0.29) is 23.9 Å². The second-order valence-electron chi connectivity index (χ2n) is 5.67. The Morgan fingerprint density at radius 2 is 1.95 bits per heavy atom. The van der Waals surface area contributed by atoms with E-state index in [4.69, 9.17) is 0 Å². The molecule has 1 unspecified atom stereocenters. The van der Waals surface area contributed by atoms with Crippen molar-refractivity contribution < 1.29 is 13.2 Å². The van der Waals surface area contributed by atoms with Gasteiger partial charge in [0.05, 0.1) is 5.75 Å². The Morgan fingerprint density at radius 3 is 2.45 bits per heavy atom. The molecule has 0 saturated carbocycles. The van der Waals surface area contributed by atoms with Gasteiger partial charge in [-0.3, -0.25) is 0 Å². The van der Waals surface area contributed by atoms with Crippen LogP contribution in [-0.2, 0) is 9.84 Å². The predicted octanol–water partition coefficient (Wildman–Crippen LogP) is 0.593. The van der Waals surface area contributed by atoms with E-state index >= 15 is 0 Å². The lowest BCUT2D eigenvalue weighted by atomic mass is 10.1. The van der Waals surface area contributed by atoms with Crippen molar-refractivity contribution in [1.82, 2.24) is 15.5 Å². The van der Waals surface area contributed by atoms with Gasteiger partial charge in [0.25, 0.3) is 0 Å². The molecule has 1 aliphatic rings. The molecule has 0 aromatic rings. The predicted molar refractivity (Wildman–Crippen MR) is 80.6 cm³/mol. The number of urea groups is 1. The number of sulfone groups is 1. The first kappa shape index (κ1) is 17.2. The Bertz CT molecular complexity index is 403. The second-order valence-corrected chi connectivity index (χ2v) is 7.93. The summed E-state index contributed by atoms with van der Waals surface area (Å²) in [5.74, 6) is 0.208. The quantitative estimate of drug-likeness (QED) is 0.753. The third-order valence-corrected chi connectivity index (χ3v) is 4.62. The third kappa shape index (κ3) is 7.09. The van der Waals surface area contributed by atoms with Crippen LogP contribution in [0.2, 0.25) is 0 Å². The van der Waals surface area contributed by atoms with Crippen LogP contribution >= 0.6 is 0 Å². The molecule has 1 saturated heterocycles. The molecule has 0 spiro atoms. The summed E-state index contributed by atoms with van der Waals surface area (Å²) in [4.78, 5) is 13.8. The van der Waals surface area contributed by atoms with E-state index in [1.807, 2.05) is 13.8 Å². The van der Waals surface area contributed by atoms with Gasteiger partial charge in [-0.15, -0.1) is 0 Å². The van der Waals surface area contributed by atoms with Crippen molar-refractivity contribution in [1.29, 1.82) is 0 Å². The zero-order chi connectivity index (χ0) is 15.2. The van der Waals surface area contributed by atoms with Gasteiger partial charge in [0, 0.05) is 38.0 Å². The second kappa shape index (κ2) is 7.83. The molecule has 2 N–H and O–H groups in total. The van der Waals surface area contributed by atoms with Crippen LogP contribution in [0.25, 0.3) is 0 Å². The third-order valence-electron chi connectivity index (χ3n) is 3.69. The zero-order valence-corrected chi connectivity index (χ0v) is 13.5. The summed E-state index contributed by atoms with van der Waals surface area (Å²) in [5, 5.41) is 5.87. The zero-order valence-electron chi connectivity index (χ0n) is 12.7. The van der Waals surface area contributed by atoms with Gasteiger partial charge in [-0.05, 0) is 26.2 Å². The maximum atomic E-state index is 11.7. The Balaban J connectivity index is 2.23. The van der Waals surface area contributed by atoms with Crippen molar-refractivity contribution in [3.63, 3.8) is 0 Å². The average Bonchev–Trinajstić information content (AvgIpc) is 2.36. The molecule has 118 valence electrons. The molecule has 0 aromatic heterocycles. The van der Waals surface area contributed by atoms with Gasteiger partial charge in [0.1, 0.15) is 9.84 Å². The molecule has 7 heteroatoms. The van der Waals surface area contributed by atoms with Gasteiger partial charge in [0.15, 0.2) is 0 Å². The highest BCUT2D eigenvalue weighted by Crippen LogP contribution is 2.10. The molecule has 0 aromatic carbocycles. The number of amides is 2. The number of nitrogens with zero attached hydrogens (tertiary/aromatic N) is 1. The molecule has 1 atom stereocenters. The topological polar surface area (TPSA) is 78.5 Å². The summed E-state index contributed by atoms with van der Waals surface area (Å²) in [6, 6.07) is 0.271. The van der Waals surface area contributed by atoms with Crippen molar-refractivity contribution in [3.8, 4) is 0 Å². The highest BCUT2D eigenvalue weighted by atomic mass is 32.2. The molecule has 0 bridgehead atoms. The van der Waals surface area contributed by atoms with Crippen LogP contribution in [0.4, 0.5) is 4.79 Å². The fourth-order valence-corrected chi connectivity index (χ4v) is 2.74. The van der Waals surface area contributed by atoms with Crippen LogP contribution in [-0.4, -0.2) is 63.1 Å². The monoisotopic (exact) mass is 305 g/mol. The number of hydrogen-bond acceptors (Lipinski definition) is 4. The van der Waals surface area contributed by atoms with Crippen LogP contribution < -0.4 is 10.6 Å². The molecular weight excluding hydrogens is 278 g/mol. The summed E-state index contributed by atoms with van der Waals surface area (Å²) in [6.07, 6.45) is 3.92. The van der Waals surface area contributed by atoms with Gasteiger partial charge in [-0.25, -0.2) is 13.2 Å². The van der Waals surface area contributed by atoms with Gasteiger partial charge >= 0.3 is 6.03 Å². The van der Waals surface area contributed by atoms with Gasteiger partial charge in [-0.2, -0.15) is 0 Å². The van der Waals surface area contributed by atoms with Crippen LogP contribution in [0.1, 0.15) is 33.1 Å².